The first-order chi connectivity index (χ1) is 7.36. The fourth-order valence-electron chi connectivity index (χ4n) is 2.15. The SMILES string of the molecule is CN(Cc1ccncc1)C1CCNCC1. The van der Waals surface area contributed by atoms with Gasteiger partial charge in [0.25, 0.3) is 0 Å². The third-order valence-corrected chi connectivity index (χ3v) is 3.11. The zero-order valence-electron chi connectivity index (χ0n) is 9.32. The molecular weight excluding hydrogens is 186 g/mol. The summed E-state index contributed by atoms with van der Waals surface area (Å²) in [6, 6.07) is 4.93. The van der Waals surface area contributed by atoms with Crippen molar-refractivity contribution in [3.8, 4) is 0 Å². The highest BCUT2D eigenvalue weighted by molar-refractivity contribution is 5.09. The smallest absolute Gasteiger partial charge is 0.0271 e. The van der Waals surface area contributed by atoms with Gasteiger partial charge in [0.1, 0.15) is 0 Å². The predicted octanol–water partition coefficient (Wildman–Crippen LogP) is 1.27. The second-order valence-electron chi connectivity index (χ2n) is 4.25. The minimum absolute atomic E-state index is 0.736. The Hall–Kier alpha value is -0.930. The Morgan fingerprint density at radius 3 is 2.67 bits per heavy atom. The molecule has 0 aromatic carbocycles. The summed E-state index contributed by atoms with van der Waals surface area (Å²) in [6.07, 6.45) is 6.26. The lowest BCUT2D eigenvalue weighted by molar-refractivity contribution is 0.192. The molecule has 0 spiro atoms. The second kappa shape index (κ2) is 5.24. The van der Waals surface area contributed by atoms with E-state index in [0.717, 1.165) is 25.7 Å². The molecule has 0 radical (unpaired) electrons. The maximum absolute atomic E-state index is 4.04. The van der Waals surface area contributed by atoms with E-state index >= 15 is 0 Å². The van der Waals surface area contributed by atoms with E-state index in [2.05, 4.69) is 34.4 Å². The molecule has 0 saturated carbocycles. The zero-order chi connectivity index (χ0) is 10.5. The summed E-state index contributed by atoms with van der Waals surface area (Å²) in [7, 11) is 2.22. The number of rotatable bonds is 3. The average molecular weight is 205 g/mol. The Balaban J connectivity index is 1.88. The van der Waals surface area contributed by atoms with Crippen molar-refractivity contribution in [3.63, 3.8) is 0 Å². The van der Waals surface area contributed by atoms with Crippen LogP contribution in [0.15, 0.2) is 24.5 Å². The third kappa shape index (κ3) is 3.01. The molecule has 1 aromatic rings. The number of hydrogen-bond donors (Lipinski definition) is 1. The van der Waals surface area contributed by atoms with Gasteiger partial charge >= 0.3 is 0 Å². The fourth-order valence-corrected chi connectivity index (χ4v) is 2.15. The largest absolute Gasteiger partial charge is 0.317 e. The van der Waals surface area contributed by atoms with Gasteiger partial charge in [0.05, 0.1) is 0 Å². The van der Waals surface area contributed by atoms with Gasteiger partial charge in [0.2, 0.25) is 0 Å². The molecule has 1 fully saturated rings. The van der Waals surface area contributed by atoms with E-state index in [1.165, 1.54) is 18.4 Å². The Morgan fingerprint density at radius 1 is 1.33 bits per heavy atom. The summed E-state index contributed by atoms with van der Waals surface area (Å²) in [5.41, 5.74) is 1.35. The molecule has 0 aliphatic carbocycles. The zero-order valence-corrected chi connectivity index (χ0v) is 9.32. The molecule has 0 bridgehead atoms. The maximum Gasteiger partial charge on any atom is 0.0271 e. The molecule has 2 heterocycles. The molecule has 1 aliphatic rings. The molecule has 15 heavy (non-hydrogen) atoms. The normalized spacial score (nSPS) is 18.3. The summed E-state index contributed by atoms with van der Waals surface area (Å²) in [5, 5.41) is 3.40. The van der Waals surface area contributed by atoms with Gasteiger partial charge in [-0.25, -0.2) is 0 Å². The molecule has 82 valence electrons. The van der Waals surface area contributed by atoms with Crippen molar-refractivity contribution in [3.05, 3.63) is 30.1 Å². The fraction of sp³-hybridized carbons (Fsp3) is 0.583. The molecule has 1 aliphatic heterocycles. The summed E-state index contributed by atoms with van der Waals surface area (Å²) in [5.74, 6) is 0. The second-order valence-corrected chi connectivity index (χ2v) is 4.25. The van der Waals surface area contributed by atoms with Crippen molar-refractivity contribution in [2.45, 2.75) is 25.4 Å². The van der Waals surface area contributed by atoms with E-state index in [-0.39, 0.29) is 0 Å². The highest BCUT2D eigenvalue weighted by atomic mass is 15.1. The number of piperidine rings is 1. The number of pyridine rings is 1. The molecule has 0 unspecified atom stereocenters. The third-order valence-electron chi connectivity index (χ3n) is 3.11. The lowest BCUT2D eigenvalue weighted by atomic mass is 10.0. The minimum atomic E-state index is 0.736. The molecule has 2 rings (SSSR count). The monoisotopic (exact) mass is 205 g/mol. The standard InChI is InChI=1S/C12H19N3/c1-15(12-4-8-14-9-5-12)10-11-2-6-13-7-3-11/h2-3,6-7,12,14H,4-5,8-10H2,1H3. The number of hydrogen-bond acceptors (Lipinski definition) is 3. The van der Waals surface area contributed by atoms with Crippen molar-refractivity contribution in [1.82, 2.24) is 15.2 Å². The van der Waals surface area contributed by atoms with Crippen molar-refractivity contribution in [1.29, 1.82) is 0 Å². The van der Waals surface area contributed by atoms with Crippen molar-refractivity contribution in [2.75, 3.05) is 20.1 Å². The van der Waals surface area contributed by atoms with Gasteiger partial charge in [-0.1, -0.05) is 0 Å². The van der Waals surface area contributed by atoms with Crippen LogP contribution in [-0.4, -0.2) is 36.1 Å². The highest BCUT2D eigenvalue weighted by Crippen LogP contribution is 2.12. The number of nitrogens with zero attached hydrogens (tertiary/aromatic N) is 2. The van der Waals surface area contributed by atoms with Crippen LogP contribution in [0.4, 0.5) is 0 Å². The molecule has 1 aromatic heterocycles. The van der Waals surface area contributed by atoms with Crippen LogP contribution >= 0.6 is 0 Å². The molecular formula is C12H19N3. The number of nitrogens with one attached hydrogen (secondary N) is 1. The van der Waals surface area contributed by atoms with Gasteiger partial charge < -0.3 is 5.32 Å². The van der Waals surface area contributed by atoms with E-state index in [4.69, 9.17) is 0 Å². The van der Waals surface area contributed by atoms with E-state index in [9.17, 15) is 0 Å². The van der Waals surface area contributed by atoms with Crippen LogP contribution in [0.25, 0.3) is 0 Å². The molecule has 0 atom stereocenters. The van der Waals surface area contributed by atoms with Crippen LogP contribution in [0, 0.1) is 0 Å². The topological polar surface area (TPSA) is 28.2 Å². The van der Waals surface area contributed by atoms with Crippen LogP contribution in [0.3, 0.4) is 0 Å². The summed E-state index contributed by atoms with van der Waals surface area (Å²) in [6.45, 7) is 3.35. The van der Waals surface area contributed by atoms with Gasteiger partial charge in [-0.05, 0) is 50.7 Å². The van der Waals surface area contributed by atoms with Crippen molar-refractivity contribution in [2.24, 2.45) is 0 Å². The summed E-state index contributed by atoms with van der Waals surface area (Å²) >= 11 is 0. The van der Waals surface area contributed by atoms with Gasteiger partial charge in [-0.2, -0.15) is 0 Å². The molecule has 1 saturated heterocycles. The van der Waals surface area contributed by atoms with E-state index in [1.807, 2.05) is 12.4 Å². The maximum atomic E-state index is 4.04. The van der Waals surface area contributed by atoms with E-state index < -0.39 is 0 Å². The average Bonchev–Trinajstić information content (AvgIpc) is 2.31. The minimum Gasteiger partial charge on any atom is -0.317 e. The van der Waals surface area contributed by atoms with Crippen LogP contribution in [0.1, 0.15) is 18.4 Å². The van der Waals surface area contributed by atoms with Crippen LogP contribution in [0.5, 0.6) is 0 Å². The Kier molecular flexibility index (Phi) is 3.69. The van der Waals surface area contributed by atoms with Crippen molar-refractivity contribution < 1.29 is 0 Å². The Bertz CT molecular complexity index is 280. The molecule has 3 heteroatoms. The lowest BCUT2D eigenvalue weighted by Gasteiger charge is -2.31. The lowest BCUT2D eigenvalue weighted by Crippen LogP contribution is -2.40. The molecule has 3 nitrogen and oxygen atoms in total. The first kappa shape index (κ1) is 10.6. The van der Waals surface area contributed by atoms with Gasteiger partial charge in [0.15, 0.2) is 0 Å². The Morgan fingerprint density at radius 2 is 2.00 bits per heavy atom. The molecule has 1 N–H and O–H groups in total. The highest BCUT2D eigenvalue weighted by Gasteiger charge is 2.17. The Labute approximate surface area is 91.5 Å². The van der Waals surface area contributed by atoms with Crippen LogP contribution in [0.2, 0.25) is 0 Å². The predicted molar refractivity (Wildman–Crippen MR) is 61.6 cm³/mol. The van der Waals surface area contributed by atoms with E-state index in [0.29, 0.717) is 0 Å². The summed E-state index contributed by atoms with van der Waals surface area (Å²) < 4.78 is 0. The van der Waals surface area contributed by atoms with Gasteiger partial charge in [0, 0.05) is 25.0 Å². The first-order valence-electron chi connectivity index (χ1n) is 5.66. The van der Waals surface area contributed by atoms with Gasteiger partial charge in [-0.15, -0.1) is 0 Å². The van der Waals surface area contributed by atoms with Crippen LogP contribution < -0.4 is 5.32 Å². The quantitative estimate of drug-likeness (QED) is 0.805. The first-order valence-corrected chi connectivity index (χ1v) is 5.66. The van der Waals surface area contributed by atoms with Crippen LogP contribution in [-0.2, 0) is 6.54 Å². The number of aromatic nitrogens is 1. The van der Waals surface area contributed by atoms with E-state index in [1.54, 1.807) is 0 Å². The summed E-state index contributed by atoms with van der Waals surface area (Å²) in [4.78, 5) is 6.49. The van der Waals surface area contributed by atoms with Crippen molar-refractivity contribution >= 4 is 0 Å². The molecule has 0 amide bonds. The van der Waals surface area contributed by atoms with Gasteiger partial charge in [-0.3, -0.25) is 9.88 Å².